The molecule has 1 atom stereocenters. The van der Waals surface area contributed by atoms with Gasteiger partial charge in [-0.25, -0.2) is 8.42 Å². The lowest BCUT2D eigenvalue weighted by molar-refractivity contribution is -0.146. The van der Waals surface area contributed by atoms with Crippen LogP contribution in [0.5, 0.6) is 0 Å². The second-order valence-corrected chi connectivity index (χ2v) is 9.24. The fraction of sp³-hybridized carbons (Fsp3) is 0.600. The molecule has 1 heterocycles. The molecular formula is C20H31N3O5S. The fourth-order valence-corrected chi connectivity index (χ4v) is 4.87. The number of methoxy groups -OCH3 is 1. The molecule has 1 aliphatic heterocycles. The number of carbonyl (C=O) groups is 2. The van der Waals surface area contributed by atoms with Gasteiger partial charge in [0.05, 0.1) is 25.3 Å². The van der Waals surface area contributed by atoms with Crippen LogP contribution >= 0.6 is 0 Å². The molecule has 0 N–H and O–H groups in total. The number of esters is 1. The first-order valence-corrected chi connectivity index (χ1v) is 11.5. The fourth-order valence-electron chi connectivity index (χ4n) is 3.35. The number of rotatable bonds is 9. The predicted octanol–water partition coefficient (Wildman–Crippen LogP) is 0.792. The predicted molar refractivity (Wildman–Crippen MR) is 111 cm³/mol. The van der Waals surface area contributed by atoms with Crippen molar-refractivity contribution < 1.29 is 22.7 Å². The minimum Gasteiger partial charge on any atom is -0.469 e. The van der Waals surface area contributed by atoms with E-state index in [1.807, 2.05) is 30.0 Å². The summed E-state index contributed by atoms with van der Waals surface area (Å²) in [6.07, 6.45) is 0. The van der Waals surface area contributed by atoms with Crippen LogP contribution in [0.4, 0.5) is 0 Å². The SMILES string of the molecule is CCN(CC(=O)N1CCN(S(=O)(=O)Cc2ccccc2)CC1)CC(C)C(=O)OC. The lowest BCUT2D eigenvalue weighted by Gasteiger charge is -2.35. The third kappa shape index (κ3) is 6.80. The molecule has 1 fully saturated rings. The zero-order chi connectivity index (χ0) is 21.4. The molecule has 0 spiro atoms. The largest absolute Gasteiger partial charge is 0.469 e. The molecular weight excluding hydrogens is 394 g/mol. The summed E-state index contributed by atoms with van der Waals surface area (Å²) in [5, 5.41) is 0. The standard InChI is InChI=1S/C20H31N3O5S/c1-4-21(14-17(2)20(25)28-3)15-19(24)22-10-12-23(13-11-22)29(26,27)16-18-8-6-5-7-9-18/h5-9,17H,4,10-16H2,1-3H3. The molecule has 0 aliphatic carbocycles. The smallest absolute Gasteiger partial charge is 0.309 e. The molecule has 1 aromatic rings. The van der Waals surface area contributed by atoms with E-state index in [0.717, 1.165) is 5.56 Å². The number of hydrogen-bond donors (Lipinski definition) is 0. The Labute approximate surface area is 173 Å². The van der Waals surface area contributed by atoms with Gasteiger partial charge < -0.3 is 9.64 Å². The average Bonchev–Trinajstić information content (AvgIpc) is 2.72. The van der Waals surface area contributed by atoms with Gasteiger partial charge in [-0.3, -0.25) is 14.5 Å². The summed E-state index contributed by atoms with van der Waals surface area (Å²) in [5.74, 6) is -0.693. The third-order valence-electron chi connectivity index (χ3n) is 5.12. The van der Waals surface area contributed by atoms with Crippen LogP contribution in [0.15, 0.2) is 30.3 Å². The zero-order valence-electron chi connectivity index (χ0n) is 17.4. The second kappa shape index (κ2) is 10.7. The summed E-state index contributed by atoms with van der Waals surface area (Å²) in [6.45, 7) is 6.33. The maximum atomic E-state index is 12.6. The number of ether oxygens (including phenoxy) is 1. The van der Waals surface area contributed by atoms with Crippen LogP contribution in [0.25, 0.3) is 0 Å². The van der Waals surface area contributed by atoms with Crippen LogP contribution in [0.3, 0.4) is 0 Å². The molecule has 0 bridgehead atoms. The van der Waals surface area contributed by atoms with E-state index in [9.17, 15) is 18.0 Å². The number of amides is 1. The van der Waals surface area contributed by atoms with Gasteiger partial charge in [0.15, 0.2) is 0 Å². The maximum Gasteiger partial charge on any atom is 0.309 e. The Hall–Kier alpha value is -1.97. The van der Waals surface area contributed by atoms with Crippen molar-refractivity contribution in [2.24, 2.45) is 5.92 Å². The lowest BCUT2D eigenvalue weighted by Crippen LogP contribution is -2.53. The lowest BCUT2D eigenvalue weighted by atomic mass is 10.1. The van der Waals surface area contributed by atoms with E-state index in [2.05, 4.69) is 0 Å². The van der Waals surface area contributed by atoms with Gasteiger partial charge >= 0.3 is 5.97 Å². The maximum absolute atomic E-state index is 12.6. The topological polar surface area (TPSA) is 87.2 Å². The summed E-state index contributed by atoms with van der Waals surface area (Å²) in [7, 11) is -2.06. The second-order valence-electron chi connectivity index (χ2n) is 7.27. The monoisotopic (exact) mass is 425 g/mol. The number of likely N-dealkylation sites (N-methyl/N-ethyl adjacent to an activating group) is 1. The Kier molecular flexibility index (Phi) is 8.60. The van der Waals surface area contributed by atoms with Crippen molar-refractivity contribution in [2.75, 3.05) is 52.9 Å². The van der Waals surface area contributed by atoms with Crippen LogP contribution in [-0.2, 0) is 30.1 Å². The van der Waals surface area contributed by atoms with E-state index in [4.69, 9.17) is 4.74 Å². The van der Waals surface area contributed by atoms with Gasteiger partial charge in [-0.15, -0.1) is 0 Å². The molecule has 162 valence electrons. The van der Waals surface area contributed by atoms with Crippen LogP contribution < -0.4 is 0 Å². The Morgan fingerprint density at radius 2 is 1.76 bits per heavy atom. The normalized spacial score (nSPS) is 16.6. The Morgan fingerprint density at radius 3 is 2.31 bits per heavy atom. The van der Waals surface area contributed by atoms with Crippen molar-refractivity contribution in [1.29, 1.82) is 0 Å². The molecule has 2 rings (SSSR count). The molecule has 0 saturated carbocycles. The van der Waals surface area contributed by atoms with E-state index in [-0.39, 0.29) is 30.1 Å². The summed E-state index contributed by atoms with van der Waals surface area (Å²) >= 11 is 0. The van der Waals surface area contributed by atoms with E-state index in [1.54, 1.807) is 24.0 Å². The van der Waals surface area contributed by atoms with Gasteiger partial charge in [-0.2, -0.15) is 4.31 Å². The van der Waals surface area contributed by atoms with Gasteiger partial charge in [0.2, 0.25) is 15.9 Å². The number of carbonyl (C=O) groups excluding carboxylic acids is 2. The summed E-state index contributed by atoms with van der Waals surface area (Å²) in [4.78, 5) is 27.8. The summed E-state index contributed by atoms with van der Waals surface area (Å²) < 4.78 is 31.5. The number of piperazine rings is 1. The highest BCUT2D eigenvalue weighted by molar-refractivity contribution is 7.88. The van der Waals surface area contributed by atoms with Crippen LogP contribution in [-0.4, -0.2) is 87.3 Å². The minimum absolute atomic E-state index is 0.0309. The summed E-state index contributed by atoms with van der Waals surface area (Å²) in [5.41, 5.74) is 0.754. The van der Waals surface area contributed by atoms with E-state index in [1.165, 1.54) is 11.4 Å². The Morgan fingerprint density at radius 1 is 1.14 bits per heavy atom. The van der Waals surface area contributed by atoms with Crippen LogP contribution in [0.1, 0.15) is 19.4 Å². The van der Waals surface area contributed by atoms with Gasteiger partial charge in [-0.05, 0) is 12.1 Å². The number of nitrogens with zero attached hydrogens (tertiary/aromatic N) is 3. The number of hydrogen-bond acceptors (Lipinski definition) is 6. The molecule has 1 aliphatic rings. The number of benzene rings is 1. The van der Waals surface area contributed by atoms with Crippen LogP contribution in [0.2, 0.25) is 0 Å². The molecule has 0 aromatic heterocycles. The Balaban J connectivity index is 1.86. The van der Waals surface area contributed by atoms with Crippen molar-refractivity contribution in [3.63, 3.8) is 0 Å². The van der Waals surface area contributed by atoms with Gasteiger partial charge in [0, 0.05) is 32.7 Å². The molecule has 9 heteroatoms. The molecule has 8 nitrogen and oxygen atoms in total. The molecule has 1 unspecified atom stereocenters. The molecule has 1 amide bonds. The van der Waals surface area contributed by atoms with Crippen molar-refractivity contribution in [3.05, 3.63) is 35.9 Å². The first-order valence-electron chi connectivity index (χ1n) is 9.86. The number of sulfonamides is 1. The zero-order valence-corrected chi connectivity index (χ0v) is 18.2. The quantitative estimate of drug-likeness (QED) is 0.544. The van der Waals surface area contributed by atoms with Crippen molar-refractivity contribution in [1.82, 2.24) is 14.1 Å². The van der Waals surface area contributed by atoms with E-state index >= 15 is 0 Å². The minimum atomic E-state index is -3.41. The highest BCUT2D eigenvalue weighted by atomic mass is 32.2. The van der Waals surface area contributed by atoms with Gasteiger partial charge in [-0.1, -0.05) is 44.2 Å². The van der Waals surface area contributed by atoms with Crippen molar-refractivity contribution >= 4 is 21.9 Å². The van der Waals surface area contributed by atoms with E-state index < -0.39 is 10.0 Å². The highest BCUT2D eigenvalue weighted by Gasteiger charge is 2.29. The highest BCUT2D eigenvalue weighted by Crippen LogP contribution is 2.14. The third-order valence-corrected chi connectivity index (χ3v) is 6.97. The van der Waals surface area contributed by atoms with Crippen LogP contribution in [0, 0.1) is 5.92 Å². The van der Waals surface area contributed by atoms with Crippen molar-refractivity contribution in [3.8, 4) is 0 Å². The first kappa shape index (κ1) is 23.3. The Bertz CT molecular complexity index is 777. The molecule has 0 radical (unpaired) electrons. The molecule has 29 heavy (non-hydrogen) atoms. The van der Waals surface area contributed by atoms with E-state index in [0.29, 0.717) is 39.3 Å². The van der Waals surface area contributed by atoms with Gasteiger partial charge in [0.25, 0.3) is 0 Å². The van der Waals surface area contributed by atoms with Crippen molar-refractivity contribution in [2.45, 2.75) is 19.6 Å². The molecule has 1 aromatic carbocycles. The summed E-state index contributed by atoms with van der Waals surface area (Å²) in [6, 6.07) is 9.09. The average molecular weight is 426 g/mol. The molecule has 1 saturated heterocycles. The van der Waals surface area contributed by atoms with Gasteiger partial charge in [0.1, 0.15) is 0 Å². The first-order chi connectivity index (χ1) is 13.8.